The highest BCUT2D eigenvalue weighted by molar-refractivity contribution is 4.73. The number of rotatable bonds is 3. The summed E-state index contributed by atoms with van der Waals surface area (Å²) in [6, 6.07) is 0. The van der Waals surface area contributed by atoms with Crippen LogP contribution in [0.3, 0.4) is 0 Å². The molecule has 0 aromatic rings. The van der Waals surface area contributed by atoms with Crippen LogP contribution >= 0.6 is 0 Å². The number of aliphatic hydroxyl groups is 1. The quantitative estimate of drug-likeness (QED) is 0.699. The Kier molecular flexibility index (Phi) is 3.67. The van der Waals surface area contributed by atoms with Crippen LogP contribution in [0.15, 0.2) is 0 Å². The molecule has 0 radical (unpaired) electrons. The van der Waals surface area contributed by atoms with E-state index in [9.17, 15) is 5.11 Å². The number of ether oxygens (including phenoxy) is 3. The summed E-state index contributed by atoms with van der Waals surface area (Å²) in [5.74, 6) is 0. The van der Waals surface area contributed by atoms with Crippen molar-refractivity contribution >= 4 is 0 Å². The maximum Gasteiger partial charge on any atom is 0.185 e. The third kappa shape index (κ3) is 3.23. The standard InChI is InChI=1S/C9H18O4/c1-9(2)5-12-8(13-6-9)7(10)4-11-3/h7-8,10H,4-6H2,1-3H3. The Morgan fingerprint density at radius 2 is 2.00 bits per heavy atom. The van der Waals surface area contributed by atoms with E-state index >= 15 is 0 Å². The van der Waals surface area contributed by atoms with Crippen molar-refractivity contribution in [1.82, 2.24) is 0 Å². The molecule has 1 atom stereocenters. The van der Waals surface area contributed by atoms with Gasteiger partial charge < -0.3 is 19.3 Å². The second-order valence-corrected chi connectivity index (χ2v) is 4.18. The Balaban J connectivity index is 2.32. The summed E-state index contributed by atoms with van der Waals surface area (Å²) in [5, 5.41) is 9.47. The first-order valence-corrected chi connectivity index (χ1v) is 4.45. The van der Waals surface area contributed by atoms with Gasteiger partial charge in [0, 0.05) is 12.5 Å². The molecule has 4 nitrogen and oxygen atoms in total. The van der Waals surface area contributed by atoms with E-state index in [-0.39, 0.29) is 12.0 Å². The fourth-order valence-electron chi connectivity index (χ4n) is 1.18. The predicted octanol–water partition coefficient (Wildman–Crippen LogP) is 0.393. The molecule has 0 aromatic carbocycles. The van der Waals surface area contributed by atoms with Gasteiger partial charge in [0.25, 0.3) is 0 Å². The van der Waals surface area contributed by atoms with Crippen LogP contribution in [0.5, 0.6) is 0 Å². The number of hydrogen-bond donors (Lipinski definition) is 1. The summed E-state index contributed by atoms with van der Waals surface area (Å²) in [6.45, 7) is 5.58. The van der Waals surface area contributed by atoms with Gasteiger partial charge in [0.15, 0.2) is 6.29 Å². The van der Waals surface area contributed by atoms with Gasteiger partial charge in [-0.2, -0.15) is 0 Å². The molecule has 1 unspecified atom stereocenters. The Labute approximate surface area is 78.8 Å². The predicted molar refractivity (Wildman–Crippen MR) is 47.4 cm³/mol. The molecule has 0 bridgehead atoms. The Bertz CT molecular complexity index is 148. The molecular weight excluding hydrogens is 172 g/mol. The highest BCUT2D eigenvalue weighted by atomic mass is 16.7. The fraction of sp³-hybridized carbons (Fsp3) is 1.00. The monoisotopic (exact) mass is 190 g/mol. The van der Waals surface area contributed by atoms with Crippen molar-refractivity contribution in [3.63, 3.8) is 0 Å². The average molecular weight is 190 g/mol. The summed E-state index contributed by atoms with van der Waals surface area (Å²) >= 11 is 0. The lowest BCUT2D eigenvalue weighted by atomic mass is 9.95. The van der Waals surface area contributed by atoms with E-state index in [0.717, 1.165) is 0 Å². The molecule has 0 amide bonds. The minimum Gasteiger partial charge on any atom is -0.385 e. The third-order valence-electron chi connectivity index (χ3n) is 1.93. The van der Waals surface area contributed by atoms with Gasteiger partial charge in [-0.3, -0.25) is 0 Å². The normalized spacial score (nSPS) is 25.8. The zero-order valence-corrected chi connectivity index (χ0v) is 8.45. The molecule has 1 aliphatic rings. The van der Waals surface area contributed by atoms with Crippen molar-refractivity contribution in [2.24, 2.45) is 5.41 Å². The molecule has 0 aliphatic carbocycles. The van der Waals surface area contributed by atoms with Crippen LogP contribution in [0.2, 0.25) is 0 Å². The van der Waals surface area contributed by atoms with Gasteiger partial charge in [-0.1, -0.05) is 13.8 Å². The van der Waals surface area contributed by atoms with Crippen molar-refractivity contribution in [3.05, 3.63) is 0 Å². The van der Waals surface area contributed by atoms with Gasteiger partial charge in [0.1, 0.15) is 6.10 Å². The minimum atomic E-state index is -0.693. The van der Waals surface area contributed by atoms with E-state index in [1.54, 1.807) is 0 Å². The first-order chi connectivity index (χ1) is 6.05. The number of hydrogen-bond acceptors (Lipinski definition) is 4. The lowest BCUT2D eigenvalue weighted by molar-refractivity contribution is -0.261. The lowest BCUT2D eigenvalue weighted by Gasteiger charge is -2.36. The third-order valence-corrected chi connectivity index (χ3v) is 1.93. The van der Waals surface area contributed by atoms with Crippen LogP contribution < -0.4 is 0 Å². The smallest absolute Gasteiger partial charge is 0.185 e. The molecule has 0 saturated carbocycles. The van der Waals surface area contributed by atoms with Gasteiger partial charge in [0.2, 0.25) is 0 Å². The molecule has 78 valence electrons. The molecule has 13 heavy (non-hydrogen) atoms. The number of aliphatic hydroxyl groups excluding tert-OH is 1. The Morgan fingerprint density at radius 3 is 2.46 bits per heavy atom. The van der Waals surface area contributed by atoms with E-state index in [2.05, 4.69) is 13.8 Å². The van der Waals surface area contributed by atoms with Gasteiger partial charge in [-0.05, 0) is 0 Å². The molecule has 1 rings (SSSR count). The molecule has 1 heterocycles. The van der Waals surface area contributed by atoms with Crippen LogP contribution in [-0.2, 0) is 14.2 Å². The van der Waals surface area contributed by atoms with E-state index < -0.39 is 12.4 Å². The van der Waals surface area contributed by atoms with Crippen molar-refractivity contribution in [3.8, 4) is 0 Å². The van der Waals surface area contributed by atoms with Crippen LogP contribution in [0.1, 0.15) is 13.8 Å². The highest BCUT2D eigenvalue weighted by Gasteiger charge is 2.32. The topological polar surface area (TPSA) is 47.9 Å². The Morgan fingerprint density at radius 1 is 1.46 bits per heavy atom. The molecule has 1 aliphatic heterocycles. The van der Waals surface area contributed by atoms with Gasteiger partial charge in [-0.15, -0.1) is 0 Å². The molecule has 1 saturated heterocycles. The summed E-state index contributed by atoms with van der Waals surface area (Å²) in [4.78, 5) is 0. The van der Waals surface area contributed by atoms with E-state index in [4.69, 9.17) is 14.2 Å². The van der Waals surface area contributed by atoms with Gasteiger partial charge in [0.05, 0.1) is 19.8 Å². The van der Waals surface area contributed by atoms with Crippen LogP contribution in [-0.4, -0.2) is 44.4 Å². The molecule has 0 spiro atoms. The molecule has 4 heteroatoms. The van der Waals surface area contributed by atoms with Gasteiger partial charge >= 0.3 is 0 Å². The van der Waals surface area contributed by atoms with Crippen molar-refractivity contribution < 1.29 is 19.3 Å². The average Bonchev–Trinajstić information content (AvgIpc) is 2.04. The first-order valence-electron chi connectivity index (χ1n) is 4.45. The largest absolute Gasteiger partial charge is 0.385 e. The SMILES string of the molecule is COCC(O)C1OCC(C)(C)CO1. The summed E-state index contributed by atoms with van der Waals surface area (Å²) < 4.78 is 15.5. The van der Waals surface area contributed by atoms with E-state index in [1.165, 1.54) is 7.11 Å². The second kappa shape index (κ2) is 4.37. The first kappa shape index (κ1) is 10.9. The molecule has 1 fully saturated rings. The second-order valence-electron chi connectivity index (χ2n) is 4.18. The van der Waals surface area contributed by atoms with Crippen LogP contribution in [0.25, 0.3) is 0 Å². The zero-order chi connectivity index (χ0) is 9.90. The molecule has 0 aromatic heterocycles. The summed E-state index contributed by atoms with van der Waals surface area (Å²) in [7, 11) is 1.54. The number of methoxy groups -OCH3 is 1. The maximum atomic E-state index is 9.47. The maximum absolute atomic E-state index is 9.47. The molecule has 1 N–H and O–H groups in total. The van der Waals surface area contributed by atoms with E-state index in [1.807, 2.05) is 0 Å². The van der Waals surface area contributed by atoms with Crippen molar-refractivity contribution in [2.75, 3.05) is 26.9 Å². The Hall–Kier alpha value is -0.160. The van der Waals surface area contributed by atoms with E-state index in [0.29, 0.717) is 13.2 Å². The van der Waals surface area contributed by atoms with Crippen molar-refractivity contribution in [2.45, 2.75) is 26.2 Å². The summed E-state index contributed by atoms with van der Waals surface area (Å²) in [6.07, 6.45) is -1.23. The highest BCUT2D eigenvalue weighted by Crippen LogP contribution is 2.24. The fourth-order valence-corrected chi connectivity index (χ4v) is 1.18. The lowest BCUT2D eigenvalue weighted by Crippen LogP contribution is -2.44. The van der Waals surface area contributed by atoms with Crippen LogP contribution in [0, 0.1) is 5.41 Å². The minimum absolute atomic E-state index is 0.0449. The van der Waals surface area contributed by atoms with Crippen LogP contribution in [0.4, 0.5) is 0 Å². The zero-order valence-electron chi connectivity index (χ0n) is 8.45. The van der Waals surface area contributed by atoms with Gasteiger partial charge in [-0.25, -0.2) is 0 Å². The van der Waals surface area contributed by atoms with Crippen molar-refractivity contribution in [1.29, 1.82) is 0 Å². The molecular formula is C9H18O4. The summed E-state index contributed by atoms with van der Waals surface area (Å²) in [5.41, 5.74) is 0.0449.